The molecule has 1 unspecified atom stereocenters. The maximum atomic E-state index is 12.7. The number of nitrogens with zero attached hydrogens (tertiary/aromatic N) is 4. The molecule has 3 heterocycles. The highest BCUT2D eigenvalue weighted by molar-refractivity contribution is 7.91. The van der Waals surface area contributed by atoms with Gasteiger partial charge in [0.1, 0.15) is 6.33 Å². The van der Waals surface area contributed by atoms with Crippen molar-refractivity contribution < 1.29 is 13.2 Å². The van der Waals surface area contributed by atoms with Gasteiger partial charge in [-0.05, 0) is 34.1 Å². The van der Waals surface area contributed by atoms with Gasteiger partial charge in [-0.3, -0.25) is 9.48 Å². The molecule has 8 nitrogen and oxygen atoms in total. The highest BCUT2D eigenvalue weighted by Gasteiger charge is 2.31. The van der Waals surface area contributed by atoms with Crippen molar-refractivity contribution in [1.82, 2.24) is 19.7 Å². The van der Waals surface area contributed by atoms with Crippen molar-refractivity contribution in [1.29, 1.82) is 0 Å². The molecule has 1 aliphatic heterocycles. The van der Waals surface area contributed by atoms with Crippen LogP contribution < -0.4 is 5.32 Å². The molecule has 0 bridgehead atoms. The summed E-state index contributed by atoms with van der Waals surface area (Å²) in [6, 6.07) is -0.183. The summed E-state index contributed by atoms with van der Waals surface area (Å²) in [6.45, 7) is 7.15. The van der Waals surface area contributed by atoms with Crippen LogP contribution in [0.3, 0.4) is 0 Å². The summed E-state index contributed by atoms with van der Waals surface area (Å²) >= 11 is 0. The van der Waals surface area contributed by atoms with Crippen LogP contribution in [0, 0.1) is 27.7 Å². The summed E-state index contributed by atoms with van der Waals surface area (Å²) in [5.74, 6) is -0.0229. The number of aryl methyl sites for hydroxylation is 3. The van der Waals surface area contributed by atoms with Gasteiger partial charge < -0.3 is 5.32 Å². The predicted octanol–water partition coefficient (Wildman–Crippen LogP) is 1.52. The molecule has 9 heteroatoms. The minimum atomic E-state index is -3.01. The Morgan fingerprint density at radius 1 is 1.16 bits per heavy atom. The van der Waals surface area contributed by atoms with Crippen LogP contribution in [0.2, 0.25) is 0 Å². The molecule has 0 aliphatic carbocycles. The number of rotatable bonds is 3. The van der Waals surface area contributed by atoms with Crippen molar-refractivity contribution in [2.24, 2.45) is 0 Å². The molecule has 0 saturated carbocycles. The van der Waals surface area contributed by atoms with Crippen LogP contribution in [-0.4, -0.2) is 45.6 Å². The van der Waals surface area contributed by atoms with Crippen LogP contribution in [0.25, 0.3) is 0 Å². The fourth-order valence-electron chi connectivity index (χ4n) is 3.27. The molecule has 0 radical (unpaired) electrons. The van der Waals surface area contributed by atoms with E-state index in [1.54, 1.807) is 25.5 Å². The van der Waals surface area contributed by atoms with Crippen molar-refractivity contribution in [2.75, 3.05) is 16.8 Å². The van der Waals surface area contributed by atoms with Gasteiger partial charge in [-0.15, -0.1) is 0 Å². The molecule has 1 amide bonds. The topological polar surface area (TPSA) is 107 Å². The average Bonchev–Trinajstić information content (AvgIpc) is 3.01. The molecule has 1 fully saturated rings. The van der Waals surface area contributed by atoms with E-state index < -0.39 is 9.84 Å². The van der Waals surface area contributed by atoms with Gasteiger partial charge in [-0.2, -0.15) is 5.10 Å². The highest BCUT2D eigenvalue weighted by atomic mass is 32.2. The van der Waals surface area contributed by atoms with Gasteiger partial charge in [-0.25, -0.2) is 18.4 Å². The second-order valence-corrected chi connectivity index (χ2v) is 8.65. The number of nitrogens with one attached hydrogen (secondary N) is 1. The Bertz CT molecular complexity index is 929. The van der Waals surface area contributed by atoms with Gasteiger partial charge in [-0.1, -0.05) is 0 Å². The zero-order valence-corrected chi connectivity index (χ0v) is 15.5. The number of hydrogen-bond donors (Lipinski definition) is 1. The first-order chi connectivity index (χ1) is 11.7. The van der Waals surface area contributed by atoms with Gasteiger partial charge in [0.2, 0.25) is 0 Å². The lowest BCUT2D eigenvalue weighted by molar-refractivity contribution is 0.102. The van der Waals surface area contributed by atoms with Crippen molar-refractivity contribution >= 4 is 21.4 Å². The second kappa shape index (κ2) is 6.21. The summed E-state index contributed by atoms with van der Waals surface area (Å²) in [6.07, 6.45) is 1.97. The van der Waals surface area contributed by atoms with Gasteiger partial charge in [0.05, 0.1) is 51.6 Å². The average molecular weight is 363 g/mol. The molecule has 134 valence electrons. The summed E-state index contributed by atoms with van der Waals surface area (Å²) < 4.78 is 25.2. The predicted molar refractivity (Wildman–Crippen MR) is 93.5 cm³/mol. The zero-order chi connectivity index (χ0) is 18.4. The summed E-state index contributed by atoms with van der Waals surface area (Å²) in [7, 11) is -3.01. The largest absolute Gasteiger partial charge is 0.319 e. The molecule has 25 heavy (non-hydrogen) atoms. The first-order valence-corrected chi connectivity index (χ1v) is 9.87. The lowest BCUT2D eigenvalue weighted by atomic mass is 10.1. The second-order valence-electron chi connectivity index (χ2n) is 6.42. The van der Waals surface area contributed by atoms with Crippen LogP contribution in [0.5, 0.6) is 0 Å². The number of sulfone groups is 1. The van der Waals surface area contributed by atoms with Crippen molar-refractivity contribution in [3.8, 4) is 0 Å². The lowest BCUT2D eigenvalue weighted by Gasteiger charge is -2.12. The lowest BCUT2D eigenvalue weighted by Crippen LogP contribution is -2.18. The Labute approximate surface area is 146 Å². The number of amides is 1. The molecule has 0 spiro atoms. The van der Waals surface area contributed by atoms with E-state index in [0.29, 0.717) is 34.8 Å². The molecular formula is C16H21N5O3S. The van der Waals surface area contributed by atoms with E-state index in [1.807, 2.05) is 6.92 Å². The molecular weight excluding hydrogens is 342 g/mol. The molecule has 1 N–H and O–H groups in total. The Morgan fingerprint density at radius 2 is 1.80 bits per heavy atom. The third-order valence-electron chi connectivity index (χ3n) is 4.57. The molecule has 0 aromatic carbocycles. The molecule has 1 atom stereocenters. The van der Waals surface area contributed by atoms with E-state index in [0.717, 1.165) is 5.69 Å². The van der Waals surface area contributed by atoms with E-state index in [4.69, 9.17) is 0 Å². The summed E-state index contributed by atoms with van der Waals surface area (Å²) in [5, 5.41) is 7.34. The normalized spacial score (nSPS) is 19.1. The Morgan fingerprint density at radius 3 is 2.36 bits per heavy atom. The van der Waals surface area contributed by atoms with Crippen LogP contribution in [0.1, 0.15) is 45.6 Å². The highest BCUT2D eigenvalue weighted by Crippen LogP contribution is 2.29. The summed E-state index contributed by atoms with van der Waals surface area (Å²) in [5.41, 5.74) is 3.67. The molecule has 3 rings (SSSR count). The molecule has 2 aromatic heterocycles. The van der Waals surface area contributed by atoms with Crippen LogP contribution in [0.4, 0.5) is 5.69 Å². The minimum Gasteiger partial charge on any atom is -0.319 e. The minimum absolute atomic E-state index is 0.0904. The number of carbonyl (C=O) groups excluding carboxylic acids is 1. The fourth-order valence-corrected chi connectivity index (χ4v) is 4.96. The first-order valence-electron chi connectivity index (χ1n) is 8.05. The van der Waals surface area contributed by atoms with E-state index >= 15 is 0 Å². The van der Waals surface area contributed by atoms with Gasteiger partial charge in [0, 0.05) is 0 Å². The zero-order valence-electron chi connectivity index (χ0n) is 14.7. The number of anilines is 1. The van der Waals surface area contributed by atoms with Crippen LogP contribution in [0.15, 0.2) is 6.33 Å². The molecule has 1 saturated heterocycles. The van der Waals surface area contributed by atoms with E-state index in [1.165, 1.54) is 6.33 Å². The molecule has 2 aromatic rings. The quantitative estimate of drug-likeness (QED) is 0.886. The van der Waals surface area contributed by atoms with Gasteiger partial charge >= 0.3 is 0 Å². The Hall–Kier alpha value is -2.29. The maximum absolute atomic E-state index is 12.7. The van der Waals surface area contributed by atoms with Crippen molar-refractivity contribution in [2.45, 2.75) is 40.2 Å². The SMILES string of the molecule is Cc1nn(C2CCS(=O)(=O)C2)c(C)c1NC(=O)c1c(C)ncnc1C. The number of carbonyl (C=O) groups is 1. The van der Waals surface area contributed by atoms with Crippen LogP contribution in [-0.2, 0) is 9.84 Å². The first kappa shape index (κ1) is 17.5. The van der Waals surface area contributed by atoms with Crippen molar-refractivity contribution in [3.05, 3.63) is 34.7 Å². The summed E-state index contributed by atoms with van der Waals surface area (Å²) in [4.78, 5) is 20.8. The monoisotopic (exact) mass is 363 g/mol. The third kappa shape index (κ3) is 3.28. The van der Waals surface area contributed by atoms with Crippen molar-refractivity contribution in [3.63, 3.8) is 0 Å². The van der Waals surface area contributed by atoms with Crippen LogP contribution >= 0.6 is 0 Å². The van der Waals surface area contributed by atoms with E-state index in [-0.39, 0.29) is 23.5 Å². The van der Waals surface area contributed by atoms with E-state index in [2.05, 4.69) is 20.4 Å². The maximum Gasteiger partial charge on any atom is 0.259 e. The Kier molecular flexibility index (Phi) is 4.36. The molecule has 1 aliphatic rings. The van der Waals surface area contributed by atoms with Gasteiger partial charge in [0.15, 0.2) is 9.84 Å². The number of hydrogen-bond acceptors (Lipinski definition) is 6. The standard InChI is InChI=1S/C16H21N5O3S/c1-9-14(10(2)18-8-17-9)16(22)19-15-11(3)20-21(12(15)4)13-5-6-25(23,24)7-13/h8,13H,5-7H2,1-4H3,(H,19,22). The smallest absolute Gasteiger partial charge is 0.259 e. The van der Waals surface area contributed by atoms with E-state index in [9.17, 15) is 13.2 Å². The fraction of sp³-hybridized carbons (Fsp3) is 0.500. The third-order valence-corrected chi connectivity index (χ3v) is 6.32. The van der Waals surface area contributed by atoms with Gasteiger partial charge in [0.25, 0.3) is 5.91 Å². The number of aromatic nitrogens is 4. The Balaban J connectivity index is 1.90.